The minimum absolute atomic E-state index is 0. The summed E-state index contributed by atoms with van der Waals surface area (Å²) < 4.78 is 5.58. The molecule has 1 saturated heterocycles. The molecule has 0 atom stereocenters. The van der Waals surface area contributed by atoms with Gasteiger partial charge in [-0.1, -0.05) is 6.07 Å². The van der Waals surface area contributed by atoms with Gasteiger partial charge in [0.25, 0.3) is 0 Å². The number of halogens is 1. The van der Waals surface area contributed by atoms with Crippen LogP contribution in [0.4, 0.5) is 5.69 Å². The highest BCUT2D eigenvalue weighted by Gasteiger charge is 2.17. The Morgan fingerprint density at radius 1 is 1.38 bits per heavy atom. The summed E-state index contributed by atoms with van der Waals surface area (Å²) in [7, 11) is 0. The molecule has 1 aliphatic rings. The van der Waals surface area contributed by atoms with E-state index in [1.807, 2.05) is 32.0 Å². The molecule has 118 valence electrons. The lowest BCUT2D eigenvalue weighted by molar-refractivity contribution is -0.117. The van der Waals surface area contributed by atoms with E-state index in [4.69, 9.17) is 4.74 Å². The van der Waals surface area contributed by atoms with Gasteiger partial charge in [0.05, 0.1) is 12.3 Å². The van der Waals surface area contributed by atoms with Crippen LogP contribution in [0.3, 0.4) is 0 Å². The zero-order valence-corrected chi connectivity index (χ0v) is 13.6. The van der Waals surface area contributed by atoms with Crippen LogP contribution in [0, 0.1) is 12.8 Å². The predicted octanol–water partition coefficient (Wildman–Crippen LogP) is 3.14. The van der Waals surface area contributed by atoms with Gasteiger partial charge in [0.15, 0.2) is 0 Å². The van der Waals surface area contributed by atoms with Gasteiger partial charge in [-0.05, 0) is 63.4 Å². The van der Waals surface area contributed by atoms with E-state index >= 15 is 0 Å². The quantitative estimate of drug-likeness (QED) is 0.878. The van der Waals surface area contributed by atoms with Crippen LogP contribution in [-0.4, -0.2) is 25.6 Å². The smallest absolute Gasteiger partial charge is 0.224 e. The third kappa shape index (κ3) is 5.56. The highest BCUT2D eigenvalue weighted by Crippen LogP contribution is 2.26. The number of carbonyl (C=O) groups excluding carboxylic acids is 1. The van der Waals surface area contributed by atoms with Gasteiger partial charge in [0, 0.05) is 6.42 Å². The van der Waals surface area contributed by atoms with Crippen molar-refractivity contribution in [2.75, 3.05) is 25.0 Å². The first-order valence-corrected chi connectivity index (χ1v) is 7.43. The summed E-state index contributed by atoms with van der Waals surface area (Å²) in [6.45, 7) is 6.60. The first-order valence-electron chi connectivity index (χ1n) is 7.43. The number of hydrogen-bond donors (Lipinski definition) is 2. The van der Waals surface area contributed by atoms with Crippen molar-refractivity contribution in [3.63, 3.8) is 0 Å². The molecule has 0 saturated carbocycles. The minimum Gasteiger partial charge on any atom is -0.492 e. The number of benzene rings is 1. The summed E-state index contributed by atoms with van der Waals surface area (Å²) in [6.07, 6.45) is 2.76. The summed E-state index contributed by atoms with van der Waals surface area (Å²) >= 11 is 0. The Morgan fingerprint density at radius 3 is 2.76 bits per heavy atom. The van der Waals surface area contributed by atoms with E-state index in [1.165, 1.54) is 0 Å². The zero-order valence-electron chi connectivity index (χ0n) is 12.8. The Bertz CT molecular complexity index is 460. The molecule has 0 unspecified atom stereocenters. The summed E-state index contributed by atoms with van der Waals surface area (Å²) in [5, 5.41) is 6.30. The lowest BCUT2D eigenvalue weighted by Crippen LogP contribution is -2.30. The molecule has 1 amide bonds. The van der Waals surface area contributed by atoms with Crippen LogP contribution in [0.5, 0.6) is 5.75 Å². The number of ether oxygens (including phenoxy) is 1. The van der Waals surface area contributed by atoms with Gasteiger partial charge in [0.2, 0.25) is 5.91 Å². The fraction of sp³-hybridized carbons (Fsp3) is 0.562. The summed E-state index contributed by atoms with van der Waals surface area (Å²) in [6, 6.07) is 5.87. The largest absolute Gasteiger partial charge is 0.492 e. The number of nitrogens with one attached hydrogen (secondary N) is 2. The van der Waals surface area contributed by atoms with E-state index < -0.39 is 0 Å². The molecule has 0 spiro atoms. The molecule has 1 heterocycles. The minimum atomic E-state index is 0. The number of hydrogen-bond acceptors (Lipinski definition) is 3. The number of piperidine rings is 1. The van der Waals surface area contributed by atoms with Crippen molar-refractivity contribution in [1.82, 2.24) is 5.32 Å². The molecule has 2 rings (SSSR count). The number of rotatable bonds is 5. The first-order chi connectivity index (χ1) is 9.69. The highest BCUT2D eigenvalue weighted by molar-refractivity contribution is 5.92. The molecule has 1 aromatic carbocycles. The number of aryl methyl sites for hydroxylation is 1. The average Bonchev–Trinajstić information content (AvgIpc) is 2.43. The second-order valence-corrected chi connectivity index (χ2v) is 5.38. The average molecular weight is 313 g/mol. The van der Waals surface area contributed by atoms with Crippen LogP contribution in [0.15, 0.2) is 18.2 Å². The Balaban J connectivity index is 0.00000220. The van der Waals surface area contributed by atoms with Gasteiger partial charge in [-0.15, -0.1) is 12.4 Å². The molecular formula is C16H25ClN2O2. The summed E-state index contributed by atoms with van der Waals surface area (Å²) in [5.41, 5.74) is 1.90. The Labute approximate surface area is 133 Å². The highest BCUT2D eigenvalue weighted by atomic mass is 35.5. The third-order valence-corrected chi connectivity index (χ3v) is 3.64. The molecule has 1 aliphatic heterocycles. The second kappa shape index (κ2) is 8.90. The molecule has 2 N–H and O–H groups in total. The van der Waals surface area contributed by atoms with Gasteiger partial charge >= 0.3 is 0 Å². The van der Waals surface area contributed by atoms with Crippen LogP contribution < -0.4 is 15.4 Å². The number of carbonyl (C=O) groups is 1. The summed E-state index contributed by atoms with van der Waals surface area (Å²) in [5.74, 6) is 1.34. The number of anilines is 1. The molecule has 0 aromatic heterocycles. The fourth-order valence-corrected chi connectivity index (χ4v) is 2.56. The molecule has 5 heteroatoms. The molecule has 1 aromatic rings. The first kappa shape index (κ1) is 17.8. The predicted molar refractivity (Wildman–Crippen MR) is 88.4 cm³/mol. The molecule has 1 fully saturated rings. The van der Waals surface area contributed by atoms with Gasteiger partial charge in [0.1, 0.15) is 5.75 Å². The maximum absolute atomic E-state index is 12.1. The fourth-order valence-electron chi connectivity index (χ4n) is 2.56. The molecule has 0 bridgehead atoms. The topological polar surface area (TPSA) is 50.4 Å². The molecule has 21 heavy (non-hydrogen) atoms. The standard InChI is InChI=1S/C16H24N2O2.ClH/c1-3-20-15-10-12(2)4-5-14(15)18-16(19)11-13-6-8-17-9-7-13;/h4-5,10,13,17H,3,6-9,11H2,1-2H3,(H,18,19);1H. The van der Waals surface area contributed by atoms with Crippen molar-refractivity contribution in [2.45, 2.75) is 33.1 Å². The van der Waals surface area contributed by atoms with Gasteiger partial charge in [-0.3, -0.25) is 4.79 Å². The van der Waals surface area contributed by atoms with Crippen molar-refractivity contribution < 1.29 is 9.53 Å². The van der Waals surface area contributed by atoms with E-state index in [2.05, 4.69) is 10.6 Å². The van der Waals surface area contributed by atoms with Crippen LogP contribution >= 0.6 is 12.4 Å². The van der Waals surface area contributed by atoms with Crippen LogP contribution in [0.2, 0.25) is 0 Å². The van der Waals surface area contributed by atoms with Gasteiger partial charge in [-0.25, -0.2) is 0 Å². The van der Waals surface area contributed by atoms with Gasteiger partial charge in [-0.2, -0.15) is 0 Å². The third-order valence-electron chi connectivity index (χ3n) is 3.64. The van der Waals surface area contributed by atoms with E-state index in [9.17, 15) is 4.79 Å². The lowest BCUT2D eigenvalue weighted by atomic mass is 9.94. The van der Waals surface area contributed by atoms with E-state index in [0.29, 0.717) is 18.9 Å². The van der Waals surface area contributed by atoms with E-state index in [-0.39, 0.29) is 18.3 Å². The maximum Gasteiger partial charge on any atom is 0.224 e. The van der Waals surface area contributed by atoms with Crippen molar-refractivity contribution in [3.8, 4) is 5.75 Å². The molecule has 0 radical (unpaired) electrons. The SMILES string of the molecule is CCOc1cc(C)ccc1NC(=O)CC1CCNCC1.Cl. The maximum atomic E-state index is 12.1. The second-order valence-electron chi connectivity index (χ2n) is 5.38. The van der Waals surface area contributed by atoms with Gasteiger partial charge < -0.3 is 15.4 Å². The zero-order chi connectivity index (χ0) is 14.4. The van der Waals surface area contributed by atoms with Crippen LogP contribution in [0.25, 0.3) is 0 Å². The Kier molecular flexibility index (Phi) is 7.54. The van der Waals surface area contributed by atoms with E-state index in [1.54, 1.807) is 0 Å². The van der Waals surface area contributed by atoms with Crippen molar-refractivity contribution in [1.29, 1.82) is 0 Å². The van der Waals surface area contributed by atoms with Crippen molar-refractivity contribution in [2.24, 2.45) is 5.92 Å². The molecule has 4 nitrogen and oxygen atoms in total. The van der Waals surface area contributed by atoms with Crippen molar-refractivity contribution in [3.05, 3.63) is 23.8 Å². The molecule has 0 aliphatic carbocycles. The van der Waals surface area contributed by atoms with Crippen LogP contribution in [-0.2, 0) is 4.79 Å². The summed E-state index contributed by atoms with van der Waals surface area (Å²) in [4.78, 5) is 12.1. The Hall–Kier alpha value is -1.26. The monoisotopic (exact) mass is 312 g/mol. The Morgan fingerprint density at radius 2 is 2.10 bits per heavy atom. The normalized spacial score (nSPS) is 15.1. The number of amides is 1. The van der Waals surface area contributed by atoms with E-state index in [0.717, 1.165) is 42.9 Å². The lowest BCUT2D eigenvalue weighted by Gasteiger charge is -2.22. The molecular weight excluding hydrogens is 288 g/mol. The van der Waals surface area contributed by atoms with Crippen LogP contribution in [0.1, 0.15) is 31.7 Å². The van der Waals surface area contributed by atoms with Crippen molar-refractivity contribution >= 4 is 24.0 Å².